The Hall–Kier alpha value is -2.52. The van der Waals surface area contributed by atoms with Crippen LogP contribution in [0.25, 0.3) is 0 Å². The molecule has 148 valence electrons. The van der Waals surface area contributed by atoms with Gasteiger partial charge in [-0.3, -0.25) is 0 Å². The lowest BCUT2D eigenvalue weighted by Gasteiger charge is -2.19. The van der Waals surface area contributed by atoms with E-state index in [0.717, 1.165) is 0 Å². The van der Waals surface area contributed by atoms with Gasteiger partial charge >= 0.3 is 0 Å². The van der Waals surface area contributed by atoms with Crippen molar-refractivity contribution in [1.29, 1.82) is 4.78 Å². The largest absolute Gasteiger partial charge is 0.356 e. The van der Waals surface area contributed by atoms with Crippen LogP contribution in [0.3, 0.4) is 0 Å². The van der Waals surface area contributed by atoms with Crippen molar-refractivity contribution in [2.45, 2.75) is 24.9 Å². The van der Waals surface area contributed by atoms with E-state index in [4.69, 9.17) is 16.4 Å². The molecule has 0 spiro atoms. The first-order valence-corrected chi connectivity index (χ1v) is 10.5. The first kappa shape index (κ1) is 20.2. The molecule has 0 amide bonds. The summed E-state index contributed by atoms with van der Waals surface area (Å²) in [6.45, 7) is 3.18. The Morgan fingerprint density at radius 3 is 2.50 bits per heavy atom. The van der Waals surface area contributed by atoms with E-state index in [0.29, 0.717) is 22.9 Å². The number of pyridine rings is 1. The standard InChI is InChI=1S/C18H18ClF2N5OS/c1-9-14(21)4-5-15(23-9)25-16(11-6-12(19)8-13(20)7-11)17-24-10(2)18(26-17)28(3,22)27/h4-8,16,22H,1-3H3,(H,23,25)(H,24,26)/t16?,28-/m0/s1. The smallest absolute Gasteiger partial charge is 0.156 e. The Bertz CT molecular complexity index is 1130. The molecule has 6 nitrogen and oxygen atoms in total. The molecule has 2 atom stereocenters. The zero-order chi connectivity index (χ0) is 20.6. The number of rotatable bonds is 5. The van der Waals surface area contributed by atoms with Gasteiger partial charge in [-0.05, 0) is 49.7 Å². The molecule has 0 radical (unpaired) electrons. The molecule has 1 aromatic carbocycles. The van der Waals surface area contributed by atoms with Gasteiger partial charge in [-0.2, -0.15) is 0 Å². The molecule has 0 saturated carbocycles. The van der Waals surface area contributed by atoms with Crippen LogP contribution < -0.4 is 5.32 Å². The maximum Gasteiger partial charge on any atom is 0.156 e. The van der Waals surface area contributed by atoms with Gasteiger partial charge in [0, 0.05) is 17.0 Å². The zero-order valence-corrected chi connectivity index (χ0v) is 16.9. The van der Waals surface area contributed by atoms with Crippen molar-refractivity contribution in [3.63, 3.8) is 0 Å². The van der Waals surface area contributed by atoms with Gasteiger partial charge in [0.05, 0.1) is 15.4 Å². The molecule has 1 unspecified atom stereocenters. The molecule has 2 aromatic heterocycles. The van der Waals surface area contributed by atoms with E-state index >= 15 is 0 Å². The normalized spacial score (nSPS) is 14.5. The van der Waals surface area contributed by atoms with E-state index in [-0.39, 0.29) is 15.7 Å². The molecule has 0 aliphatic carbocycles. The molecule has 28 heavy (non-hydrogen) atoms. The molecule has 0 bridgehead atoms. The molecular weight excluding hydrogens is 408 g/mol. The van der Waals surface area contributed by atoms with Gasteiger partial charge < -0.3 is 10.3 Å². The second kappa shape index (κ2) is 7.48. The summed E-state index contributed by atoms with van der Waals surface area (Å²) in [5, 5.41) is 3.37. The quantitative estimate of drug-likeness (QED) is 0.557. The third kappa shape index (κ3) is 4.31. The van der Waals surface area contributed by atoms with Crippen LogP contribution in [-0.4, -0.2) is 25.4 Å². The zero-order valence-electron chi connectivity index (χ0n) is 15.3. The minimum Gasteiger partial charge on any atom is -0.356 e. The fraction of sp³-hybridized carbons (Fsp3) is 0.222. The molecule has 2 heterocycles. The van der Waals surface area contributed by atoms with Crippen molar-refractivity contribution in [3.05, 3.63) is 69.8 Å². The Kier molecular flexibility index (Phi) is 5.40. The molecule has 3 N–H and O–H groups in total. The number of anilines is 1. The second-order valence-electron chi connectivity index (χ2n) is 6.44. The van der Waals surface area contributed by atoms with Gasteiger partial charge in [0.1, 0.15) is 29.3 Å². The fourth-order valence-electron chi connectivity index (χ4n) is 2.81. The fourth-order valence-corrected chi connectivity index (χ4v) is 3.94. The number of aromatic amines is 1. The van der Waals surface area contributed by atoms with E-state index < -0.39 is 27.4 Å². The SMILES string of the molecule is Cc1nc(NC(c2cc(F)cc(Cl)c2)c2nc([S@@](C)(=N)=O)c(C)[nH]2)ccc1F. The molecular formula is C18H18ClF2N5OS. The molecule has 0 saturated heterocycles. The predicted molar refractivity (Wildman–Crippen MR) is 104 cm³/mol. The third-order valence-corrected chi connectivity index (χ3v) is 5.39. The lowest BCUT2D eigenvalue weighted by atomic mass is 10.1. The van der Waals surface area contributed by atoms with E-state index in [2.05, 4.69) is 20.3 Å². The van der Waals surface area contributed by atoms with Crippen LogP contribution in [0.1, 0.15) is 28.8 Å². The molecule has 3 aromatic rings. The molecule has 0 fully saturated rings. The highest BCUT2D eigenvalue weighted by Gasteiger charge is 2.23. The summed E-state index contributed by atoms with van der Waals surface area (Å²) in [6, 6.07) is 5.97. The van der Waals surface area contributed by atoms with Crippen LogP contribution in [-0.2, 0) is 9.73 Å². The van der Waals surface area contributed by atoms with Crippen LogP contribution in [0.5, 0.6) is 0 Å². The number of nitrogens with one attached hydrogen (secondary N) is 3. The number of imidazole rings is 1. The first-order chi connectivity index (χ1) is 13.0. The van der Waals surface area contributed by atoms with Crippen molar-refractivity contribution in [2.75, 3.05) is 11.6 Å². The molecule has 10 heteroatoms. The highest BCUT2D eigenvalue weighted by atomic mass is 35.5. The van der Waals surface area contributed by atoms with Gasteiger partial charge in [-0.15, -0.1) is 0 Å². The van der Waals surface area contributed by atoms with Crippen molar-refractivity contribution < 1.29 is 13.0 Å². The van der Waals surface area contributed by atoms with Gasteiger partial charge in [0.25, 0.3) is 0 Å². The van der Waals surface area contributed by atoms with Crippen LogP contribution in [0.4, 0.5) is 14.6 Å². The topological polar surface area (TPSA) is 94.5 Å². The summed E-state index contributed by atoms with van der Waals surface area (Å²) in [5.41, 5.74) is 1.09. The number of hydrogen-bond donors (Lipinski definition) is 3. The van der Waals surface area contributed by atoms with Crippen molar-refractivity contribution >= 4 is 27.1 Å². The Morgan fingerprint density at radius 1 is 1.21 bits per heavy atom. The summed E-state index contributed by atoms with van der Waals surface area (Å²) in [7, 11) is -3.07. The maximum absolute atomic E-state index is 13.9. The number of aromatic nitrogens is 3. The third-order valence-electron chi connectivity index (χ3n) is 4.03. The monoisotopic (exact) mass is 425 g/mol. The van der Waals surface area contributed by atoms with Gasteiger partial charge in [0.2, 0.25) is 0 Å². The lowest BCUT2D eigenvalue weighted by Crippen LogP contribution is -2.16. The molecule has 3 rings (SSSR count). The highest BCUT2D eigenvalue weighted by Crippen LogP contribution is 2.29. The minimum atomic E-state index is -3.07. The predicted octanol–water partition coefficient (Wildman–Crippen LogP) is 4.59. The average Bonchev–Trinajstić information content (AvgIpc) is 2.96. The Labute approximate surface area is 166 Å². The van der Waals surface area contributed by atoms with Gasteiger partial charge in [-0.25, -0.2) is 27.7 Å². The van der Waals surface area contributed by atoms with Crippen LogP contribution in [0.15, 0.2) is 35.4 Å². The molecule has 0 aliphatic heterocycles. The van der Waals surface area contributed by atoms with Crippen molar-refractivity contribution in [2.24, 2.45) is 0 Å². The van der Waals surface area contributed by atoms with Crippen molar-refractivity contribution in [1.82, 2.24) is 15.0 Å². The second-order valence-corrected chi connectivity index (χ2v) is 8.95. The Balaban J connectivity index is 2.12. The number of nitrogens with zero attached hydrogens (tertiary/aromatic N) is 2. The summed E-state index contributed by atoms with van der Waals surface area (Å²) in [4.78, 5) is 11.4. The first-order valence-electron chi connectivity index (χ1n) is 8.20. The van der Waals surface area contributed by atoms with Crippen LogP contribution >= 0.6 is 11.6 Å². The van der Waals surface area contributed by atoms with Gasteiger partial charge in [0.15, 0.2) is 5.03 Å². The lowest BCUT2D eigenvalue weighted by molar-refractivity contribution is 0.609. The highest BCUT2D eigenvalue weighted by molar-refractivity contribution is 7.91. The van der Waals surface area contributed by atoms with E-state index in [1.165, 1.54) is 37.4 Å². The van der Waals surface area contributed by atoms with E-state index in [9.17, 15) is 13.0 Å². The number of benzene rings is 1. The van der Waals surface area contributed by atoms with E-state index in [1.807, 2.05) is 0 Å². The van der Waals surface area contributed by atoms with E-state index in [1.54, 1.807) is 13.0 Å². The number of hydrogen-bond acceptors (Lipinski definition) is 5. The van der Waals surface area contributed by atoms with Crippen LogP contribution in [0.2, 0.25) is 5.02 Å². The number of aryl methyl sites for hydroxylation is 2. The van der Waals surface area contributed by atoms with Crippen molar-refractivity contribution in [3.8, 4) is 0 Å². The van der Waals surface area contributed by atoms with Crippen LogP contribution in [0, 0.1) is 30.3 Å². The summed E-state index contributed by atoms with van der Waals surface area (Å²) in [5.74, 6) is -0.351. The summed E-state index contributed by atoms with van der Waals surface area (Å²) < 4.78 is 47.5. The minimum absolute atomic E-state index is 0.111. The number of halogens is 3. The Morgan fingerprint density at radius 2 is 1.93 bits per heavy atom. The summed E-state index contributed by atoms with van der Waals surface area (Å²) >= 11 is 6.00. The van der Waals surface area contributed by atoms with Gasteiger partial charge in [-0.1, -0.05) is 11.6 Å². The maximum atomic E-state index is 13.9. The average molecular weight is 426 g/mol. The number of H-pyrrole nitrogens is 1. The summed E-state index contributed by atoms with van der Waals surface area (Å²) in [6.07, 6.45) is 1.27. The molecule has 0 aliphatic rings.